The molecule has 0 saturated heterocycles. The van der Waals surface area contributed by atoms with Crippen molar-refractivity contribution in [1.82, 2.24) is 10.1 Å². The molecule has 5 nitrogen and oxygen atoms in total. The number of aryl methyl sites for hydroxylation is 1. The van der Waals surface area contributed by atoms with E-state index in [2.05, 4.69) is 29.2 Å². The summed E-state index contributed by atoms with van der Waals surface area (Å²) in [7, 11) is 0. The highest BCUT2D eigenvalue weighted by atomic mass is 32.2. The quantitative estimate of drug-likeness (QED) is 0.788. The van der Waals surface area contributed by atoms with Gasteiger partial charge in [0.1, 0.15) is 0 Å². The molecule has 0 amide bonds. The first-order valence-corrected chi connectivity index (χ1v) is 8.08. The predicted octanol–water partition coefficient (Wildman–Crippen LogP) is 2.99. The Labute approximate surface area is 125 Å². The Hall–Kier alpha value is -1.47. The average molecular weight is 310 g/mol. The third-order valence-corrected chi connectivity index (χ3v) is 4.49. The van der Waals surface area contributed by atoms with Crippen molar-refractivity contribution < 1.29 is 14.4 Å². The van der Waals surface area contributed by atoms with Gasteiger partial charge in [-0.3, -0.25) is 4.79 Å². The minimum Gasteiger partial charge on any atom is -0.481 e. The number of benzene rings is 1. The molecule has 20 heavy (non-hydrogen) atoms. The lowest BCUT2D eigenvalue weighted by Crippen LogP contribution is -1.98. The molecule has 0 aliphatic rings. The summed E-state index contributed by atoms with van der Waals surface area (Å²) in [5.74, 6) is 1.35. The number of hydrogen-bond donors (Lipinski definition) is 1. The fraction of sp³-hybridized carbons (Fsp3) is 0.308. The molecule has 1 N–H and O–H groups in total. The standard InChI is InChI=1S/C13H14N2O3S2/c1-9-4-2-3-5-10(9)20-6-11-14-12(18-15-11)7-19-8-13(16)17/h2-5H,6-8H2,1H3,(H,16,17). The Morgan fingerprint density at radius 3 is 2.90 bits per heavy atom. The molecule has 7 heteroatoms. The van der Waals surface area contributed by atoms with Gasteiger partial charge in [0.05, 0.1) is 17.3 Å². The molecule has 2 rings (SSSR count). The Morgan fingerprint density at radius 2 is 2.15 bits per heavy atom. The van der Waals surface area contributed by atoms with Crippen LogP contribution in [0, 0.1) is 6.92 Å². The van der Waals surface area contributed by atoms with Gasteiger partial charge in [-0.05, 0) is 18.6 Å². The zero-order valence-electron chi connectivity index (χ0n) is 10.9. The molecule has 0 radical (unpaired) electrons. The third kappa shape index (κ3) is 4.57. The SMILES string of the molecule is Cc1ccccc1SCc1noc(CSCC(=O)O)n1. The second kappa shape index (κ2) is 7.35. The average Bonchev–Trinajstić information content (AvgIpc) is 2.85. The van der Waals surface area contributed by atoms with Crippen LogP contribution in [0.25, 0.3) is 0 Å². The number of thioether (sulfide) groups is 2. The van der Waals surface area contributed by atoms with Gasteiger partial charge in [-0.15, -0.1) is 23.5 Å². The van der Waals surface area contributed by atoms with E-state index in [1.54, 1.807) is 11.8 Å². The molecule has 1 aromatic heterocycles. The van der Waals surface area contributed by atoms with Crippen LogP contribution in [-0.2, 0) is 16.3 Å². The maximum atomic E-state index is 10.4. The van der Waals surface area contributed by atoms with Crippen molar-refractivity contribution in [2.75, 3.05) is 5.75 Å². The van der Waals surface area contributed by atoms with Crippen LogP contribution in [0.1, 0.15) is 17.3 Å². The van der Waals surface area contributed by atoms with Crippen LogP contribution in [-0.4, -0.2) is 27.0 Å². The lowest BCUT2D eigenvalue weighted by Gasteiger charge is -2.01. The highest BCUT2D eigenvalue weighted by molar-refractivity contribution is 7.99. The maximum absolute atomic E-state index is 10.4. The van der Waals surface area contributed by atoms with Crippen LogP contribution < -0.4 is 0 Å². The van der Waals surface area contributed by atoms with Gasteiger partial charge in [0.15, 0.2) is 5.82 Å². The largest absolute Gasteiger partial charge is 0.481 e. The number of aromatic nitrogens is 2. The number of hydrogen-bond acceptors (Lipinski definition) is 6. The lowest BCUT2D eigenvalue weighted by atomic mass is 10.2. The van der Waals surface area contributed by atoms with Gasteiger partial charge < -0.3 is 9.63 Å². The molecule has 0 aliphatic heterocycles. The zero-order valence-corrected chi connectivity index (χ0v) is 12.5. The molecule has 0 saturated carbocycles. The van der Waals surface area contributed by atoms with E-state index in [0.717, 1.165) is 0 Å². The van der Waals surface area contributed by atoms with Crippen LogP contribution in [0.5, 0.6) is 0 Å². The van der Waals surface area contributed by atoms with Crippen molar-refractivity contribution in [2.45, 2.75) is 23.3 Å². The number of carboxylic acids is 1. The Balaban J connectivity index is 1.84. The molecule has 0 fully saturated rings. The molecule has 106 valence electrons. The van der Waals surface area contributed by atoms with Gasteiger partial charge in [0.2, 0.25) is 5.89 Å². The molecule has 0 atom stereocenters. The summed E-state index contributed by atoms with van der Waals surface area (Å²) in [6.07, 6.45) is 0. The summed E-state index contributed by atoms with van der Waals surface area (Å²) in [6, 6.07) is 8.13. The molecule has 1 heterocycles. The van der Waals surface area contributed by atoms with Gasteiger partial charge >= 0.3 is 5.97 Å². The van der Waals surface area contributed by atoms with Gasteiger partial charge in [-0.25, -0.2) is 0 Å². The number of nitrogens with zero attached hydrogens (tertiary/aromatic N) is 2. The van der Waals surface area contributed by atoms with E-state index in [-0.39, 0.29) is 5.75 Å². The zero-order chi connectivity index (χ0) is 14.4. The topological polar surface area (TPSA) is 76.2 Å². The molecule has 2 aromatic rings. The van der Waals surface area contributed by atoms with Crippen molar-refractivity contribution in [1.29, 1.82) is 0 Å². The summed E-state index contributed by atoms with van der Waals surface area (Å²) in [5, 5.41) is 12.4. The van der Waals surface area contributed by atoms with E-state index in [4.69, 9.17) is 9.63 Å². The summed E-state index contributed by atoms with van der Waals surface area (Å²) < 4.78 is 5.08. The monoisotopic (exact) mass is 310 g/mol. The van der Waals surface area contributed by atoms with Crippen molar-refractivity contribution in [3.8, 4) is 0 Å². The summed E-state index contributed by atoms with van der Waals surface area (Å²) in [6.45, 7) is 2.06. The number of carbonyl (C=O) groups is 1. The van der Waals surface area contributed by atoms with Crippen LogP contribution in [0.2, 0.25) is 0 Å². The maximum Gasteiger partial charge on any atom is 0.313 e. The third-order valence-electron chi connectivity index (χ3n) is 2.41. The molecule has 0 spiro atoms. The fourth-order valence-corrected chi connectivity index (χ4v) is 2.93. The molecule has 0 aliphatic carbocycles. The van der Waals surface area contributed by atoms with Gasteiger partial charge in [0, 0.05) is 4.90 Å². The first kappa shape index (κ1) is 14.9. The normalized spacial score (nSPS) is 10.7. The lowest BCUT2D eigenvalue weighted by molar-refractivity contribution is -0.133. The van der Waals surface area contributed by atoms with E-state index in [1.807, 2.05) is 12.1 Å². The Morgan fingerprint density at radius 1 is 1.35 bits per heavy atom. The van der Waals surface area contributed by atoms with Crippen molar-refractivity contribution in [2.24, 2.45) is 0 Å². The van der Waals surface area contributed by atoms with E-state index in [1.165, 1.54) is 22.2 Å². The van der Waals surface area contributed by atoms with E-state index < -0.39 is 5.97 Å². The van der Waals surface area contributed by atoms with Crippen LogP contribution in [0.3, 0.4) is 0 Å². The first-order chi connectivity index (χ1) is 9.65. The molecule has 0 bridgehead atoms. The van der Waals surface area contributed by atoms with Gasteiger partial charge in [-0.2, -0.15) is 4.98 Å². The molecular formula is C13H14N2O3S2. The number of rotatable bonds is 7. The van der Waals surface area contributed by atoms with E-state index in [0.29, 0.717) is 23.2 Å². The molecular weight excluding hydrogens is 296 g/mol. The smallest absolute Gasteiger partial charge is 0.313 e. The highest BCUT2D eigenvalue weighted by Crippen LogP contribution is 2.24. The number of carboxylic acid groups (broad SMARTS) is 1. The molecule has 0 unspecified atom stereocenters. The minimum absolute atomic E-state index is 0.0374. The minimum atomic E-state index is -0.843. The second-order valence-electron chi connectivity index (χ2n) is 4.05. The first-order valence-electron chi connectivity index (χ1n) is 5.94. The summed E-state index contributed by atoms with van der Waals surface area (Å²) in [5.41, 5.74) is 1.22. The van der Waals surface area contributed by atoms with E-state index >= 15 is 0 Å². The number of aliphatic carboxylic acids is 1. The van der Waals surface area contributed by atoms with Gasteiger partial charge in [0.25, 0.3) is 0 Å². The van der Waals surface area contributed by atoms with Gasteiger partial charge in [-0.1, -0.05) is 23.4 Å². The van der Waals surface area contributed by atoms with Crippen molar-refractivity contribution >= 4 is 29.5 Å². The Kier molecular flexibility index (Phi) is 5.49. The Bertz CT molecular complexity index is 587. The van der Waals surface area contributed by atoms with Crippen molar-refractivity contribution in [3.63, 3.8) is 0 Å². The second-order valence-corrected chi connectivity index (χ2v) is 6.05. The summed E-state index contributed by atoms with van der Waals surface area (Å²) in [4.78, 5) is 15.8. The predicted molar refractivity (Wildman–Crippen MR) is 78.8 cm³/mol. The fourth-order valence-electron chi connectivity index (χ4n) is 1.49. The molecule has 1 aromatic carbocycles. The summed E-state index contributed by atoms with van der Waals surface area (Å²) >= 11 is 2.90. The van der Waals surface area contributed by atoms with E-state index in [9.17, 15) is 4.79 Å². The van der Waals surface area contributed by atoms with Crippen LogP contribution in [0.15, 0.2) is 33.7 Å². The van der Waals surface area contributed by atoms with Crippen molar-refractivity contribution in [3.05, 3.63) is 41.5 Å². The highest BCUT2D eigenvalue weighted by Gasteiger charge is 2.08. The van der Waals surface area contributed by atoms with Crippen LogP contribution >= 0.6 is 23.5 Å². The van der Waals surface area contributed by atoms with Crippen LogP contribution in [0.4, 0.5) is 0 Å².